The van der Waals surface area contributed by atoms with Crippen LogP contribution in [0.5, 0.6) is 0 Å². The van der Waals surface area contributed by atoms with E-state index < -0.39 is 0 Å². The summed E-state index contributed by atoms with van der Waals surface area (Å²) in [5, 5.41) is 15.0. The van der Waals surface area contributed by atoms with Gasteiger partial charge in [0.2, 0.25) is 5.82 Å². The molecule has 0 unspecified atom stereocenters. The standard InChI is InChI=1S/C10H9FN4/c1-6-3-4-8(9(11)5-6)10-14-12-7(2)13-15-10/h3-5H,1-2H3. The molecule has 1 aromatic carbocycles. The lowest BCUT2D eigenvalue weighted by Gasteiger charge is -2.00. The highest BCUT2D eigenvalue weighted by atomic mass is 19.1. The zero-order valence-corrected chi connectivity index (χ0v) is 8.40. The number of rotatable bonds is 1. The van der Waals surface area contributed by atoms with Gasteiger partial charge in [0, 0.05) is 0 Å². The Labute approximate surface area is 86.2 Å². The van der Waals surface area contributed by atoms with Crippen LogP contribution in [0.25, 0.3) is 11.4 Å². The van der Waals surface area contributed by atoms with Crippen LogP contribution >= 0.6 is 0 Å². The summed E-state index contributed by atoms with van der Waals surface area (Å²) in [6.45, 7) is 3.49. The third-order valence-electron chi connectivity index (χ3n) is 1.94. The van der Waals surface area contributed by atoms with Gasteiger partial charge in [-0.3, -0.25) is 0 Å². The second kappa shape index (κ2) is 3.68. The van der Waals surface area contributed by atoms with Crippen molar-refractivity contribution in [3.8, 4) is 11.4 Å². The maximum absolute atomic E-state index is 13.5. The van der Waals surface area contributed by atoms with E-state index in [0.717, 1.165) is 5.56 Å². The number of halogens is 1. The van der Waals surface area contributed by atoms with Crippen molar-refractivity contribution in [3.63, 3.8) is 0 Å². The van der Waals surface area contributed by atoms with Gasteiger partial charge >= 0.3 is 0 Å². The molecule has 0 fully saturated rings. The third-order valence-corrected chi connectivity index (χ3v) is 1.94. The van der Waals surface area contributed by atoms with Crippen LogP contribution in [-0.2, 0) is 0 Å². The summed E-state index contributed by atoms with van der Waals surface area (Å²) in [6.07, 6.45) is 0. The molecule has 0 atom stereocenters. The van der Waals surface area contributed by atoms with E-state index in [9.17, 15) is 4.39 Å². The van der Waals surface area contributed by atoms with Crippen molar-refractivity contribution in [2.75, 3.05) is 0 Å². The van der Waals surface area contributed by atoms with Crippen LogP contribution in [0.1, 0.15) is 11.4 Å². The average Bonchev–Trinajstić information content (AvgIpc) is 2.20. The zero-order chi connectivity index (χ0) is 10.8. The lowest BCUT2D eigenvalue weighted by atomic mass is 10.1. The second-order valence-corrected chi connectivity index (χ2v) is 3.25. The van der Waals surface area contributed by atoms with Gasteiger partial charge in [0.15, 0.2) is 5.82 Å². The maximum atomic E-state index is 13.5. The van der Waals surface area contributed by atoms with Crippen LogP contribution in [0, 0.1) is 19.7 Å². The van der Waals surface area contributed by atoms with E-state index in [0.29, 0.717) is 11.4 Å². The van der Waals surface area contributed by atoms with E-state index in [2.05, 4.69) is 20.4 Å². The molecule has 0 N–H and O–H groups in total. The van der Waals surface area contributed by atoms with Crippen molar-refractivity contribution in [2.45, 2.75) is 13.8 Å². The Bertz CT molecular complexity index is 481. The predicted molar refractivity (Wildman–Crippen MR) is 52.5 cm³/mol. The van der Waals surface area contributed by atoms with Gasteiger partial charge in [-0.2, -0.15) is 0 Å². The lowest BCUT2D eigenvalue weighted by molar-refractivity contribution is 0.627. The smallest absolute Gasteiger partial charge is 0.206 e. The van der Waals surface area contributed by atoms with Crippen LogP contribution in [-0.4, -0.2) is 20.4 Å². The van der Waals surface area contributed by atoms with Crippen LogP contribution in [0.3, 0.4) is 0 Å². The molecule has 0 saturated carbocycles. The van der Waals surface area contributed by atoms with Gasteiger partial charge in [0.1, 0.15) is 5.82 Å². The fraction of sp³-hybridized carbons (Fsp3) is 0.200. The molecule has 0 spiro atoms. The third kappa shape index (κ3) is 1.96. The number of aromatic nitrogens is 4. The number of aryl methyl sites for hydroxylation is 2. The summed E-state index contributed by atoms with van der Waals surface area (Å²) in [5.74, 6) is 0.312. The quantitative estimate of drug-likeness (QED) is 0.709. The van der Waals surface area contributed by atoms with Crippen LogP contribution < -0.4 is 0 Å². The molecule has 0 saturated heterocycles. The van der Waals surface area contributed by atoms with Crippen molar-refractivity contribution in [2.24, 2.45) is 0 Å². The van der Waals surface area contributed by atoms with E-state index in [1.807, 2.05) is 6.92 Å². The number of nitrogens with zero attached hydrogens (tertiary/aromatic N) is 4. The molecule has 76 valence electrons. The van der Waals surface area contributed by atoms with Crippen LogP contribution in [0.4, 0.5) is 4.39 Å². The van der Waals surface area contributed by atoms with Gasteiger partial charge in [-0.1, -0.05) is 6.07 Å². The minimum absolute atomic E-state index is 0.207. The summed E-state index contributed by atoms with van der Waals surface area (Å²) >= 11 is 0. The predicted octanol–water partition coefficient (Wildman–Crippen LogP) is 1.69. The van der Waals surface area contributed by atoms with Gasteiger partial charge in [-0.05, 0) is 31.5 Å². The van der Waals surface area contributed by atoms with Gasteiger partial charge < -0.3 is 0 Å². The molecule has 2 rings (SSSR count). The highest BCUT2D eigenvalue weighted by Gasteiger charge is 2.08. The van der Waals surface area contributed by atoms with E-state index in [-0.39, 0.29) is 11.6 Å². The first-order chi connectivity index (χ1) is 7.16. The Balaban J connectivity index is 2.49. The fourth-order valence-electron chi connectivity index (χ4n) is 1.19. The summed E-state index contributed by atoms with van der Waals surface area (Å²) in [4.78, 5) is 0. The van der Waals surface area contributed by atoms with Crippen molar-refractivity contribution >= 4 is 0 Å². The molecule has 0 amide bonds. The molecular weight excluding hydrogens is 195 g/mol. The average molecular weight is 204 g/mol. The Hall–Kier alpha value is -1.91. The molecule has 0 aliphatic rings. The van der Waals surface area contributed by atoms with Gasteiger partial charge in [-0.15, -0.1) is 20.4 Å². The summed E-state index contributed by atoms with van der Waals surface area (Å²) in [5.41, 5.74) is 1.17. The molecule has 0 aliphatic heterocycles. The van der Waals surface area contributed by atoms with Gasteiger partial charge in [0.25, 0.3) is 0 Å². The highest BCUT2D eigenvalue weighted by Crippen LogP contribution is 2.18. The number of hydrogen-bond donors (Lipinski definition) is 0. The first-order valence-corrected chi connectivity index (χ1v) is 4.47. The highest BCUT2D eigenvalue weighted by molar-refractivity contribution is 5.55. The monoisotopic (exact) mass is 204 g/mol. The Morgan fingerprint density at radius 3 is 2.27 bits per heavy atom. The zero-order valence-electron chi connectivity index (χ0n) is 8.40. The maximum Gasteiger partial charge on any atom is 0.206 e. The fourth-order valence-corrected chi connectivity index (χ4v) is 1.19. The molecule has 5 heteroatoms. The molecule has 0 aliphatic carbocycles. The van der Waals surface area contributed by atoms with Crippen molar-refractivity contribution < 1.29 is 4.39 Å². The largest absolute Gasteiger partial charge is 0.206 e. The normalized spacial score (nSPS) is 10.3. The lowest BCUT2D eigenvalue weighted by Crippen LogP contribution is -2.00. The Kier molecular flexibility index (Phi) is 2.37. The van der Waals surface area contributed by atoms with Crippen LogP contribution in [0.2, 0.25) is 0 Å². The van der Waals surface area contributed by atoms with E-state index >= 15 is 0 Å². The first-order valence-electron chi connectivity index (χ1n) is 4.47. The van der Waals surface area contributed by atoms with E-state index in [1.165, 1.54) is 6.07 Å². The second-order valence-electron chi connectivity index (χ2n) is 3.25. The van der Waals surface area contributed by atoms with E-state index in [1.54, 1.807) is 19.1 Å². The molecular formula is C10H9FN4. The number of benzene rings is 1. The summed E-state index contributed by atoms with van der Waals surface area (Å²) in [6, 6.07) is 4.85. The Morgan fingerprint density at radius 1 is 1.00 bits per heavy atom. The van der Waals surface area contributed by atoms with Crippen molar-refractivity contribution in [1.29, 1.82) is 0 Å². The first kappa shape index (κ1) is 9.64. The topological polar surface area (TPSA) is 51.6 Å². The summed E-state index contributed by atoms with van der Waals surface area (Å²) in [7, 11) is 0. The van der Waals surface area contributed by atoms with Gasteiger partial charge in [0.05, 0.1) is 5.56 Å². The van der Waals surface area contributed by atoms with E-state index in [4.69, 9.17) is 0 Å². The minimum atomic E-state index is -0.359. The molecule has 1 aromatic heterocycles. The Morgan fingerprint density at radius 2 is 1.67 bits per heavy atom. The molecule has 0 radical (unpaired) electrons. The van der Waals surface area contributed by atoms with Crippen LogP contribution in [0.15, 0.2) is 18.2 Å². The van der Waals surface area contributed by atoms with Crippen molar-refractivity contribution in [1.82, 2.24) is 20.4 Å². The minimum Gasteiger partial charge on any atom is -0.206 e. The molecule has 0 bridgehead atoms. The SMILES string of the molecule is Cc1ccc(-c2nnc(C)nn2)c(F)c1. The molecule has 1 heterocycles. The van der Waals surface area contributed by atoms with Gasteiger partial charge in [-0.25, -0.2) is 4.39 Å². The molecule has 4 nitrogen and oxygen atoms in total. The van der Waals surface area contributed by atoms with Crippen molar-refractivity contribution in [3.05, 3.63) is 35.4 Å². The molecule has 2 aromatic rings. The summed E-state index contributed by atoms with van der Waals surface area (Å²) < 4.78 is 13.5. The number of hydrogen-bond acceptors (Lipinski definition) is 4. The molecule has 15 heavy (non-hydrogen) atoms.